The van der Waals surface area contributed by atoms with Gasteiger partial charge in [0.1, 0.15) is 5.75 Å². The number of rotatable bonds is 12. The van der Waals surface area contributed by atoms with E-state index in [2.05, 4.69) is 15.1 Å². The topological polar surface area (TPSA) is 96.8 Å². The van der Waals surface area contributed by atoms with Crippen LogP contribution in [0.1, 0.15) is 62.2 Å². The quantitative estimate of drug-likeness (QED) is 0.304. The molecule has 0 atom stereocenters. The van der Waals surface area contributed by atoms with Crippen LogP contribution in [0, 0.1) is 11.8 Å². The number of ether oxygens (including phenoxy) is 1. The number of benzene rings is 1. The number of nitrogens with one attached hydrogen (secondary N) is 1. The van der Waals surface area contributed by atoms with Crippen molar-refractivity contribution in [3.05, 3.63) is 22.7 Å². The van der Waals surface area contributed by atoms with Crippen LogP contribution in [-0.4, -0.2) is 74.7 Å². The lowest BCUT2D eigenvalue weighted by Gasteiger charge is -2.37. The summed E-state index contributed by atoms with van der Waals surface area (Å²) in [7, 11) is 0. The number of nitrogen functional groups attached to an aromatic ring is 1. The SMILES string of the molecule is CCCOc1cc(N)c(Cl)cc1C(=O)NCC1CCN(CC2CCN(CCCCN)CC2)CC1. The molecule has 2 aliphatic rings. The monoisotopic (exact) mass is 493 g/mol. The molecule has 3 rings (SSSR count). The summed E-state index contributed by atoms with van der Waals surface area (Å²) in [6.07, 6.45) is 8.09. The van der Waals surface area contributed by atoms with Crippen molar-refractivity contribution in [1.29, 1.82) is 0 Å². The van der Waals surface area contributed by atoms with Gasteiger partial charge in [0.2, 0.25) is 0 Å². The van der Waals surface area contributed by atoms with Gasteiger partial charge in [-0.15, -0.1) is 0 Å². The van der Waals surface area contributed by atoms with Crippen molar-refractivity contribution in [1.82, 2.24) is 15.1 Å². The first-order valence-corrected chi connectivity index (χ1v) is 13.5. The Balaban J connectivity index is 1.37. The average molecular weight is 494 g/mol. The molecule has 2 heterocycles. The van der Waals surface area contributed by atoms with Gasteiger partial charge in [0.05, 0.1) is 22.9 Å². The van der Waals surface area contributed by atoms with E-state index in [9.17, 15) is 4.79 Å². The zero-order valence-corrected chi connectivity index (χ0v) is 21.6. The summed E-state index contributed by atoms with van der Waals surface area (Å²) in [5.74, 6) is 1.68. The summed E-state index contributed by atoms with van der Waals surface area (Å²) in [5, 5.41) is 3.48. The normalized spacial score (nSPS) is 18.8. The number of carbonyl (C=O) groups excluding carboxylic acids is 1. The first-order chi connectivity index (χ1) is 16.5. The van der Waals surface area contributed by atoms with Gasteiger partial charge in [0.25, 0.3) is 5.91 Å². The van der Waals surface area contributed by atoms with E-state index in [4.69, 9.17) is 27.8 Å². The third-order valence-corrected chi connectivity index (χ3v) is 7.54. The molecule has 0 aromatic heterocycles. The lowest BCUT2D eigenvalue weighted by Crippen LogP contribution is -2.43. The molecule has 2 saturated heterocycles. The highest BCUT2D eigenvalue weighted by Crippen LogP contribution is 2.29. The number of carbonyl (C=O) groups is 1. The van der Waals surface area contributed by atoms with Crippen molar-refractivity contribution in [2.24, 2.45) is 17.6 Å². The van der Waals surface area contributed by atoms with E-state index < -0.39 is 0 Å². The van der Waals surface area contributed by atoms with Crippen LogP contribution in [0.25, 0.3) is 0 Å². The molecule has 0 aliphatic carbocycles. The number of anilines is 1. The molecule has 1 aromatic carbocycles. The van der Waals surface area contributed by atoms with Gasteiger partial charge in [0, 0.05) is 19.2 Å². The number of amides is 1. The van der Waals surface area contributed by atoms with Crippen LogP contribution in [0.2, 0.25) is 5.02 Å². The Morgan fingerprint density at radius 1 is 1.09 bits per heavy atom. The van der Waals surface area contributed by atoms with Crippen LogP contribution in [0.5, 0.6) is 5.75 Å². The predicted molar refractivity (Wildman–Crippen MR) is 141 cm³/mol. The Morgan fingerprint density at radius 2 is 1.76 bits per heavy atom. The van der Waals surface area contributed by atoms with E-state index in [1.807, 2.05) is 6.92 Å². The van der Waals surface area contributed by atoms with Gasteiger partial charge in [-0.3, -0.25) is 4.79 Å². The molecular weight excluding hydrogens is 450 g/mol. The lowest BCUT2D eigenvalue weighted by molar-refractivity contribution is 0.0920. The van der Waals surface area contributed by atoms with Gasteiger partial charge < -0.3 is 31.3 Å². The largest absolute Gasteiger partial charge is 0.493 e. The van der Waals surface area contributed by atoms with Crippen molar-refractivity contribution in [3.8, 4) is 5.75 Å². The fraction of sp³-hybridized carbons (Fsp3) is 0.731. The Morgan fingerprint density at radius 3 is 2.44 bits per heavy atom. The van der Waals surface area contributed by atoms with Gasteiger partial charge in [-0.25, -0.2) is 0 Å². The lowest BCUT2D eigenvalue weighted by atomic mass is 9.92. The molecule has 0 saturated carbocycles. The van der Waals surface area contributed by atoms with Gasteiger partial charge in [-0.1, -0.05) is 18.5 Å². The van der Waals surface area contributed by atoms with Gasteiger partial charge in [-0.2, -0.15) is 0 Å². The minimum Gasteiger partial charge on any atom is -0.493 e. The second-order valence-electron chi connectivity index (χ2n) is 9.95. The van der Waals surface area contributed by atoms with E-state index in [-0.39, 0.29) is 5.91 Å². The van der Waals surface area contributed by atoms with Crippen molar-refractivity contribution >= 4 is 23.2 Å². The van der Waals surface area contributed by atoms with Crippen LogP contribution in [0.3, 0.4) is 0 Å². The number of nitrogens with zero attached hydrogens (tertiary/aromatic N) is 2. The standard InChI is InChI=1S/C26H44ClN5O2/c1-2-15-34-25-17-24(29)23(27)16-22(25)26(33)30-18-20-5-13-32(14-6-20)19-21-7-11-31(12-8-21)10-4-3-9-28/h16-17,20-21H,2-15,18-19,28-29H2,1H3,(H,30,33). The minimum atomic E-state index is -0.145. The van der Waals surface area contributed by atoms with Crippen molar-refractivity contribution in [2.75, 3.05) is 64.7 Å². The number of hydrogen-bond acceptors (Lipinski definition) is 6. The zero-order valence-electron chi connectivity index (χ0n) is 20.9. The molecule has 0 radical (unpaired) electrons. The Kier molecular flexibility index (Phi) is 11.2. The minimum absolute atomic E-state index is 0.145. The Hall–Kier alpha value is -1.54. The highest BCUT2D eigenvalue weighted by atomic mass is 35.5. The molecule has 0 unspecified atom stereocenters. The highest BCUT2D eigenvalue weighted by molar-refractivity contribution is 6.33. The maximum atomic E-state index is 12.9. The Labute approximate surface area is 210 Å². The van der Waals surface area contributed by atoms with E-state index >= 15 is 0 Å². The molecule has 2 fully saturated rings. The summed E-state index contributed by atoms with van der Waals surface area (Å²) < 4.78 is 5.74. The van der Waals surface area contributed by atoms with E-state index in [1.54, 1.807) is 12.1 Å². The molecule has 192 valence electrons. The summed E-state index contributed by atoms with van der Waals surface area (Å²) in [6, 6.07) is 3.26. The van der Waals surface area contributed by atoms with E-state index in [1.165, 1.54) is 45.4 Å². The molecule has 1 amide bonds. The highest BCUT2D eigenvalue weighted by Gasteiger charge is 2.25. The number of halogens is 1. The van der Waals surface area contributed by atoms with Crippen LogP contribution >= 0.6 is 11.6 Å². The predicted octanol–water partition coefficient (Wildman–Crippen LogP) is 3.60. The first kappa shape index (κ1) is 27.1. The van der Waals surface area contributed by atoms with Crippen LogP contribution < -0.4 is 21.5 Å². The zero-order chi connectivity index (χ0) is 24.3. The second-order valence-corrected chi connectivity index (χ2v) is 10.4. The average Bonchev–Trinajstić information content (AvgIpc) is 2.85. The molecule has 0 spiro atoms. The van der Waals surface area contributed by atoms with E-state index in [0.717, 1.165) is 51.2 Å². The van der Waals surface area contributed by atoms with Gasteiger partial charge in [-0.05, 0) is 102 Å². The fourth-order valence-electron chi connectivity index (χ4n) is 5.02. The van der Waals surface area contributed by atoms with Crippen LogP contribution in [0.4, 0.5) is 5.69 Å². The molecule has 7 nitrogen and oxygen atoms in total. The molecular formula is C26H44ClN5O2. The van der Waals surface area contributed by atoms with Gasteiger partial charge >= 0.3 is 0 Å². The number of piperidine rings is 2. The summed E-state index contributed by atoms with van der Waals surface area (Å²) in [4.78, 5) is 18.1. The number of nitrogens with two attached hydrogens (primary N) is 2. The third-order valence-electron chi connectivity index (χ3n) is 7.22. The Bertz CT molecular complexity index is 762. The summed E-state index contributed by atoms with van der Waals surface area (Å²) in [6.45, 7) is 11.2. The molecule has 34 heavy (non-hydrogen) atoms. The van der Waals surface area contributed by atoms with Crippen molar-refractivity contribution in [2.45, 2.75) is 51.9 Å². The second kappa shape index (κ2) is 14.1. The maximum absolute atomic E-state index is 12.9. The van der Waals surface area contributed by atoms with Crippen molar-refractivity contribution < 1.29 is 9.53 Å². The maximum Gasteiger partial charge on any atom is 0.255 e. The summed E-state index contributed by atoms with van der Waals surface area (Å²) >= 11 is 6.17. The molecule has 5 N–H and O–H groups in total. The number of hydrogen-bond donors (Lipinski definition) is 3. The fourth-order valence-corrected chi connectivity index (χ4v) is 5.18. The molecule has 2 aliphatic heterocycles. The van der Waals surface area contributed by atoms with Crippen LogP contribution in [0.15, 0.2) is 12.1 Å². The summed E-state index contributed by atoms with van der Waals surface area (Å²) in [5.41, 5.74) is 12.4. The van der Waals surface area contributed by atoms with Crippen molar-refractivity contribution in [3.63, 3.8) is 0 Å². The van der Waals surface area contributed by atoms with Crippen LogP contribution in [-0.2, 0) is 0 Å². The number of unbranched alkanes of at least 4 members (excludes halogenated alkanes) is 1. The van der Waals surface area contributed by atoms with E-state index in [0.29, 0.717) is 41.1 Å². The first-order valence-electron chi connectivity index (χ1n) is 13.1. The molecule has 0 bridgehead atoms. The smallest absolute Gasteiger partial charge is 0.255 e. The van der Waals surface area contributed by atoms with Gasteiger partial charge in [0.15, 0.2) is 0 Å². The molecule has 8 heteroatoms. The number of likely N-dealkylation sites (tertiary alicyclic amines) is 2. The molecule has 1 aromatic rings. The third kappa shape index (κ3) is 8.29.